The summed E-state index contributed by atoms with van der Waals surface area (Å²) in [6.45, 7) is 4.71. The molecule has 3 rings (SSSR count). The summed E-state index contributed by atoms with van der Waals surface area (Å²) in [4.78, 5) is 43.5. The average molecular weight is 488 g/mol. The Hall–Kier alpha value is -3.04. The summed E-state index contributed by atoms with van der Waals surface area (Å²) >= 11 is 3.22. The highest BCUT2D eigenvalue weighted by molar-refractivity contribution is 7.11. The fourth-order valence-corrected chi connectivity index (χ4v) is 5.34. The summed E-state index contributed by atoms with van der Waals surface area (Å²) in [6, 6.07) is 9.48. The smallest absolute Gasteiger partial charge is 0.309 e. The normalized spacial score (nSPS) is 12.8. The van der Waals surface area contributed by atoms with Crippen molar-refractivity contribution in [2.75, 3.05) is 7.11 Å². The Balaban J connectivity index is 1.72. The number of hydrogen-bond acceptors (Lipinski definition) is 9. The second-order valence-electron chi connectivity index (χ2n) is 7.46. The van der Waals surface area contributed by atoms with Crippen LogP contribution >= 0.6 is 22.7 Å². The molecule has 0 saturated heterocycles. The average Bonchev–Trinajstić information content (AvgIpc) is 3.48. The van der Waals surface area contributed by atoms with Gasteiger partial charge in [-0.05, 0) is 29.8 Å². The first-order chi connectivity index (χ1) is 15.8. The van der Waals surface area contributed by atoms with Crippen LogP contribution in [-0.2, 0) is 14.3 Å². The van der Waals surface area contributed by atoms with Crippen molar-refractivity contribution in [2.24, 2.45) is 5.92 Å². The van der Waals surface area contributed by atoms with Gasteiger partial charge < -0.3 is 14.2 Å². The van der Waals surface area contributed by atoms with Gasteiger partial charge in [-0.25, -0.2) is 4.98 Å². The zero-order valence-electron chi connectivity index (χ0n) is 18.8. The third-order valence-corrected chi connectivity index (χ3v) is 6.87. The van der Waals surface area contributed by atoms with Crippen LogP contribution in [0.2, 0.25) is 0 Å². The summed E-state index contributed by atoms with van der Waals surface area (Å²) in [5.41, 5.74) is -0.0627. The van der Waals surface area contributed by atoms with Gasteiger partial charge in [0.05, 0.1) is 18.9 Å². The molecule has 33 heavy (non-hydrogen) atoms. The van der Waals surface area contributed by atoms with Gasteiger partial charge in [0.1, 0.15) is 6.10 Å². The third-order valence-electron chi connectivity index (χ3n) is 4.96. The standard InChI is InChI=1S/C24H25NO6S2/c1-14(13-17(27)22-23(31-16(3)26)18(29-4)9-10-25-22)24(28)30-15(2)21(19-7-5-11-32-19)20-8-6-12-33-20/h5-12,14-15,21H,13H2,1-4H3/t14-,15+/m1/s1. The molecule has 0 saturated carbocycles. The maximum Gasteiger partial charge on any atom is 0.309 e. The van der Waals surface area contributed by atoms with Gasteiger partial charge in [0.15, 0.2) is 17.2 Å². The molecule has 3 heterocycles. The number of carbonyl (C=O) groups excluding carboxylic acids is 3. The molecular weight excluding hydrogens is 462 g/mol. The molecule has 0 spiro atoms. The summed E-state index contributed by atoms with van der Waals surface area (Å²) in [7, 11) is 1.40. The SMILES string of the molecule is COc1ccnc(C(=O)C[C@@H](C)C(=O)O[C@@H](C)C(c2cccs2)c2cccs2)c1OC(C)=O. The van der Waals surface area contributed by atoms with Crippen LogP contribution in [0.25, 0.3) is 0 Å². The molecule has 0 amide bonds. The molecule has 0 aliphatic carbocycles. The summed E-state index contributed by atoms with van der Waals surface area (Å²) in [5.74, 6) is -2.17. The van der Waals surface area contributed by atoms with E-state index in [9.17, 15) is 14.4 Å². The number of thiophene rings is 2. The van der Waals surface area contributed by atoms with Crippen molar-refractivity contribution in [1.29, 1.82) is 0 Å². The number of rotatable bonds is 10. The van der Waals surface area contributed by atoms with Crippen molar-refractivity contribution in [3.63, 3.8) is 0 Å². The second kappa shape index (κ2) is 11.2. The highest BCUT2D eigenvalue weighted by Gasteiger charge is 2.30. The lowest BCUT2D eigenvalue weighted by Gasteiger charge is -2.24. The van der Waals surface area contributed by atoms with E-state index in [2.05, 4.69) is 4.98 Å². The van der Waals surface area contributed by atoms with Crippen LogP contribution in [0.4, 0.5) is 0 Å². The number of nitrogens with zero attached hydrogens (tertiary/aromatic N) is 1. The lowest BCUT2D eigenvalue weighted by Crippen LogP contribution is -2.27. The number of esters is 2. The van der Waals surface area contributed by atoms with Crippen molar-refractivity contribution in [2.45, 2.75) is 39.2 Å². The first-order valence-corrected chi connectivity index (χ1v) is 12.1. The van der Waals surface area contributed by atoms with Crippen LogP contribution in [0.1, 0.15) is 53.4 Å². The molecule has 7 nitrogen and oxygen atoms in total. The molecule has 0 N–H and O–H groups in total. The van der Waals surface area contributed by atoms with Crippen molar-refractivity contribution in [1.82, 2.24) is 4.98 Å². The Morgan fingerprint density at radius 1 is 1.03 bits per heavy atom. The molecule has 3 aromatic rings. The van der Waals surface area contributed by atoms with Crippen LogP contribution in [0, 0.1) is 5.92 Å². The fourth-order valence-electron chi connectivity index (χ4n) is 3.40. The van der Waals surface area contributed by atoms with Gasteiger partial charge in [-0.15, -0.1) is 22.7 Å². The number of carbonyl (C=O) groups is 3. The van der Waals surface area contributed by atoms with Gasteiger partial charge in [-0.2, -0.15) is 0 Å². The van der Waals surface area contributed by atoms with Crippen molar-refractivity contribution in [3.05, 3.63) is 62.7 Å². The first kappa shape index (κ1) is 24.6. The Kier molecular flexibility index (Phi) is 8.35. The predicted molar refractivity (Wildman–Crippen MR) is 126 cm³/mol. The Labute approximate surface area is 200 Å². The van der Waals surface area contributed by atoms with E-state index in [1.165, 1.54) is 26.3 Å². The molecule has 0 aliphatic heterocycles. The third kappa shape index (κ3) is 6.06. The number of Topliss-reactive ketones (excluding diaryl/α,β-unsaturated/α-hetero) is 1. The van der Waals surface area contributed by atoms with Crippen LogP contribution < -0.4 is 9.47 Å². The molecule has 0 aliphatic rings. The Morgan fingerprint density at radius 3 is 2.18 bits per heavy atom. The monoisotopic (exact) mass is 487 g/mol. The van der Waals surface area contributed by atoms with Gasteiger partial charge >= 0.3 is 11.9 Å². The molecule has 174 valence electrons. The van der Waals surface area contributed by atoms with Gasteiger partial charge in [0.2, 0.25) is 5.75 Å². The van der Waals surface area contributed by atoms with Crippen LogP contribution in [-0.4, -0.2) is 35.9 Å². The quantitative estimate of drug-likeness (QED) is 0.290. The lowest BCUT2D eigenvalue weighted by molar-refractivity contribution is -0.153. The van der Waals surface area contributed by atoms with E-state index < -0.39 is 29.7 Å². The minimum Gasteiger partial charge on any atom is -0.493 e. The highest BCUT2D eigenvalue weighted by atomic mass is 32.1. The predicted octanol–water partition coefficient (Wildman–Crippen LogP) is 5.11. The fraction of sp³-hybridized carbons (Fsp3) is 0.333. The number of methoxy groups -OCH3 is 1. The molecule has 3 aromatic heterocycles. The van der Waals surface area contributed by atoms with Crippen LogP contribution in [0.5, 0.6) is 11.5 Å². The van der Waals surface area contributed by atoms with Gasteiger partial charge in [0.25, 0.3) is 0 Å². The van der Waals surface area contributed by atoms with Gasteiger partial charge in [0, 0.05) is 35.4 Å². The van der Waals surface area contributed by atoms with E-state index >= 15 is 0 Å². The maximum atomic E-state index is 12.9. The maximum absolute atomic E-state index is 12.9. The van der Waals surface area contributed by atoms with E-state index in [0.717, 1.165) is 9.75 Å². The summed E-state index contributed by atoms with van der Waals surface area (Å²) < 4.78 is 16.1. The number of ketones is 1. The zero-order chi connectivity index (χ0) is 24.0. The highest BCUT2D eigenvalue weighted by Crippen LogP contribution is 2.36. The van der Waals surface area contributed by atoms with E-state index in [1.807, 2.05) is 41.9 Å². The molecular formula is C24H25NO6S2. The zero-order valence-corrected chi connectivity index (χ0v) is 20.4. The number of pyridine rings is 1. The van der Waals surface area contributed by atoms with E-state index in [0.29, 0.717) is 0 Å². The topological polar surface area (TPSA) is 91.8 Å². The molecule has 0 bridgehead atoms. The first-order valence-electron chi connectivity index (χ1n) is 10.3. The minimum atomic E-state index is -0.717. The van der Waals surface area contributed by atoms with E-state index in [4.69, 9.17) is 14.2 Å². The second-order valence-corrected chi connectivity index (χ2v) is 9.42. The summed E-state index contributed by atoms with van der Waals surface area (Å²) in [6.07, 6.45) is 0.818. The summed E-state index contributed by atoms with van der Waals surface area (Å²) in [5, 5.41) is 3.99. The van der Waals surface area contributed by atoms with Crippen molar-refractivity contribution >= 4 is 40.4 Å². The molecule has 2 atom stereocenters. The molecule has 0 unspecified atom stereocenters. The molecule has 0 fully saturated rings. The van der Waals surface area contributed by atoms with Crippen molar-refractivity contribution in [3.8, 4) is 11.5 Å². The van der Waals surface area contributed by atoms with E-state index in [-0.39, 0.29) is 29.5 Å². The molecule has 0 aromatic carbocycles. The lowest BCUT2D eigenvalue weighted by atomic mass is 9.98. The number of aromatic nitrogens is 1. The van der Waals surface area contributed by atoms with E-state index in [1.54, 1.807) is 29.6 Å². The Bertz CT molecular complexity index is 1060. The minimum absolute atomic E-state index is 0.0538. The van der Waals surface area contributed by atoms with Crippen LogP contribution in [0.3, 0.4) is 0 Å². The molecule has 9 heteroatoms. The Morgan fingerprint density at radius 2 is 1.67 bits per heavy atom. The molecule has 0 radical (unpaired) electrons. The number of hydrogen-bond donors (Lipinski definition) is 0. The van der Waals surface area contributed by atoms with Crippen molar-refractivity contribution < 1.29 is 28.6 Å². The van der Waals surface area contributed by atoms with Gasteiger partial charge in [-0.1, -0.05) is 19.1 Å². The van der Waals surface area contributed by atoms with Gasteiger partial charge in [-0.3, -0.25) is 14.4 Å². The largest absolute Gasteiger partial charge is 0.493 e. The number of ether oxygens (including phenoxy) is 3. The van der Waals surface area contributed by atoms with Crippen LogP contribution in [0.15, 0.2) is 47.3 Å².